The standard InChI is InChI=1S/C7H7N11O12/c19-7(20)8-1-3-9(14(21)22)2(8)4-12(17(27)28)5(10(1)15(23)24)6(11(3)16(25)26)13(4)18(29)30/h1-6H,(H,19,20)/p-1. The van der Waals surface area contributed by atoms with E-state index in [0.29, 0.717) is 0 Å². The molecule has 23 nitrogen and oxygen atoms in total. The number of carbonyl (C=O) groups excluding carboxylic acids is 1. The molecule has 6 atom stereocenters. The molecule has 6 unspecified atom stereocenters. The third-order valence-corrected chi connectivity index (χ3v) is 5.23. The molecule has 5 aliphatic heterocycles. The SMILES string of the molecule is O=C([O-])N1C2C3N([N+](=O)[O-])C4C(N([N+](=O)[O-])C(C1N4[N+](=O)[O-])N2[N+](=O)[O-])N3[N+](=O)[O-]. The van der Waals surface area contributed by atoms with Crippen LogP contribution >= 0.6 is 0 Å². The van der Waals surface area contributed by atoms with Crippen molar-refractivity contribution in [3.05, 3.63) is 50.6 Å². The zero-order chi connectivity index (χ0) is 22.4. The third-order valence-electron chi connectivity index (χ3n) is 5.23. The Bertz CT molecular complexity index is 783. The molecule has 23 heteroatoms. The monoisotopic (exact) mass is 436 g/mol. The Morgan fingerprint density at radius 1 is 0.500 bits per heavy atom. The van der Waals surface area contributed by atoms with Crippen molar-refractivity contribution in [2.45, 2.75) is 37.0 Å². The van der Waals surface area contributed by atoms with E-state index in [1.807, 2.05) is 0 Å². The van der Waals surface area contributed by atoms with Crippen LogP contribution in [0.15, 0.2) is 0 Å². The molecule has 5 saturated heterocycles. The molecule has 162 valence electrons. The predicted octanol–water partition coefficient (Wildman–Crippen LogP) is -4.89. The Morgan fingerprint density at radius 3 is 0.900 bits per heavy atom. The van der Waals surface area contributed by atoms with Crippen LogP contribution in [0, 0.1) is 50.6 Å². The van der Waals surface area contributed by atoms with Gasteiger partial charge in [0.05, 0.1) is 0 Å². The van der Waals surface area contributed by atoms with Crippen molar-refractivity contribution < 1.29 is 35.1 Å². The normalized spacial score (nSPS) is 33.2. The summed E-state index contributed by atoms with van der Waals surface area (Å²) >= 11 is 0. The maximum Gasteiger partial charge on any atom is 0.272 e. The van der Waals surface area contributed by atoms with E-state index < -0.39 is 68.2 Å². The van der Waals surface area contributed by atoms with Crippen molar-refractivity contribution in [3.8, 4) is 0 Å². The highest BCUT2D eigenvalue weighted by molar-refractivity contribution is 5.64. The highest BCUT2D eigenvalue weighted by Crippen LogP contribution is 2.51. The Labute approximate surface area is 160 Å². The molecule has 0 spiro atoms. The van der Waals surface area contributed by atoms with E-state index in [1.165, 1.54) is 0 Å². The number of carbonyl (C=O) groups is 1. The summed E-state index contributed by atoms with van der Waals surface area (Å²) in [6.07, 6.45) is -16.6. The molecule has 5 heterocycles. The van der Waals surface area contributed by atoms with E-state index in [4.69, 9.17) is 0 Å². The Kier molecular flexibility index (Phi) is 3.36. The van der Waals surface area contributed by atoms with Gasteiger partial charge in [0.2, 0.25) is 12.3 Å². The molecule has 1 amide bonds. The fourth-order valence-corrected chi connectivity index (χ4v) is 4.51. The Hall–Kier alpha value is -4.73. The second kappa shape index (κ2) is 5.41. The van der Waals surface area contributed by atoms with Crippen molar-refractivity contribution in [2.24, 2.45) is 0 Å². The van der Waals surface area contributed by atoms with Gasteiger partial charge in [-0.3, -0.25) is 4.90 Å². The smallest absolute Gasteiger partial charge is 0.272 e. The van der Waals surface area contributed by atoms with E-state index in [1.54, 1.807) is 0 Å². The van der Waals surface area contributed by atoms with E-state index >= 15 is 0 Å². The van der Waals surface area contributed by atoms with Crippen molar-refractivity contribution in [3.63, 3.8) is 0 Å². The highest BCUT2D eigenvalue weighted by Gasteiger charge is 2.87. The number of hydrazine groups is 5. The van der Waals surface area contributed by atoms with E-state index in [2.05, 4.69) is 0 Å². The molecule has 0 aromatic heterocycles. The van der Waals surface area contributed by atoms with Gasteiger partial charge in [0, 0.05) is 0 Å². The van der Waals surface area contributed by atoms with Crippen LogP contribution in [0.25, 0.3) is 0 Å². The molecule has 0 saturated carbocycles. The van der Waals surface area contributed by atoms with Gasteiger partial charge in [-0.05, 0) is 0 Å². The lowest BCUT2D eigenvalue weighted by molar-refractivity contribution is -0.786. The number of nitrogens with zero attached hydrogens (tertiary/aromatic N) is 11. The van der Waals surface area contributed by atoms with Crippen molar-refractivity contribution in [1.82, 2.24) is 29.9 Å². The lowest BCUT2D eigenvalue weighted by Gasteiger charge is -2.42. The summed E-state index contributed by atoms with van der Waals surface area (Å²) in [4.78, 5) is 69.9. The van der Waals surface area contributed by atoms with Crippen LogP contribution < -0.4 is 5.11 Å². The first-order valence-electron chi connectivity index (χ1n) is 7.56. The van der Waals surface area contributed by atoms with Gasteiger partial charge >= 0.3 is 0 Å². The molecule has 5 fully saturated rings. The summed E-state index contributed by atoms with van der Waals surface area (Å²) in [6, 6.07) is 0. The second-order valence-corrected chi connectivity index (χ2v) is 6.24. The van der Waals surface area contributed by atoms with E-state index in [-0.39, 0.29) is 29.9 Å². The van der Waals surface area contributed by atoms with Crippen LogP contribution in [-0.4, -0.2) is 98.2 Å². The molecule has 6 bridgehead atoms. The summed E-state index contributed by atoms with van der Waals surface area (Å²) in [6.45, 7) is 0. The number of amides is 1. The Morgan fingerprint density at radius 2 is 0.700 bits per heavy atom. The lowest BCUT2D eigenvalue weighted by atomic mass is 10.2. The van der Waals surface area contributed by atoms with Crippen LogP contribution in [0.5, 0.6) is 0 Å². The Balaban J connectivity index is 2.12. The number of carboxylic acid groups (broad SMARTS) is 1. The molecule has 0 aliphatic carbocycles. The van der Waals surface area contributed by atoms with Crippen molar-refractivity contribution in [2.75, 3.05) is 0 Å². The fraction of sp³-hybridized carbons (Fsp3) is 0.857. The van der Waals surface area contributed by atoms with Crippen LogP contribution in [0.2, 0.25) is 0 Å². The molecule has 0 radical (unpaired) electrons. The average Bonchev–Trinajstić information content (AvgIpc) is 3.03. The highest BCUT2D eigenvalue weighted by atomic mass is 16.7. The number of piperazine rings is 1. The topological polar surface area (TPSA) is 275 Å². The minimum atomic E-state index is -2.45. The molecule has 30 heavy (non-hydrogen) atoms. The van der Waals surface area contributed by atoms with Gasteiger partial charge in [-0.2, -0.15) is 0 Å². The third kappa shape index (κ3) is 1.84. The molecule has 0 N–H and O–H groups in total. The molecule has 0 aromatic carbocycles. The van der Waals surface area contributed by atoms with Gasteiger partial charge in [-0.15, -0.1) is 0 Å². The maximum atomic E-state index is 11.7. The number of nitro groups is 5. The summed E-state index contributed by atoms with van der Waals surface area (Å²) in [5, 5.41) is 62.3. The number of hydrogen-bond donors (Lipinski definition) is 0. The largest absolute Gasteiger partial charge is 0.530 e. The number of rotatable bonds is 5. The number of hydrogen-bond acceptors (Lipinski definition) is 12. The lowest BCUT2D eigenvalue weighted by Crippen LogP contribution is -2.77. The van der Waals surface area contributed by atoms with E-state index in [9.17, 15) is 60.5 Å². The predicted molar refractivity (Wildman–Crippen MR) is 74.1 cm³/mol. The van der Waals surface area contributed by atoms with Crippen LogP contribution in [0.1, 0.15) is 0 Å². The molecular weight excluding hydrogens is 430 g/mol. The zero-order valence-corrected chi connectivity index (χ0v) is 13.8. The minimum absolute atomic E-state index is 0.111. The van der Waals surface area contributed by atoms with Crippen LogP contribution in [0.3, 0.4) is 0 Å². The van der Waals surface area contributed by atoms with Crippen molar-refractivity contribution in [1.29, 1.82) is 0 Å². The first-order valence-corrected chi connectivity index (χ1v) is 7.56. The van der Waals surface area contributed by atoms with Gasteiger partial charge in [-0.1, -0.05) is 25.0 Å². The molecule has 5 aliphatic rings. The van der Waals surface area contributed by atoms with Gasteiger partial charge in [0.1, 0.15) is 6.09 Å². The minimum Gasteiger partial charge on any atom is -0.530 e. The summed E-state index contributed by atoms with van der Waals surface area (Å²) in [5.41, 5.74) is 0. The summed E-state index contributed by atoms with van der Waals surface area (Å²) < 4.78 is 0. The quantitative estimate of drug-likeness (QED) is 0.288. The van der Waals surface area contributed by atoms with Gasteiger partial charge in [0.15, 0.2) is 25.2 Å². The average molecular weight is 436 g/mol. The van der Waals surface area contributed by atoms with E-state index in [0.717, 1.165) is 0 Å². The zero-order valence-electron chi connectivity index (χ0n) is 13.8. The summed E-state index contributed by atoms with van der Waals surface area (Å²) in [7, 11) is 0. The van der Waals surface area contributed by atoms with Crippen LogP contribution in [0.4, 0.5) is 4.79 Å². The molecule has 0 aromatic rings. The molecule has 5 rings (SSSR count). The van der Waals surface area contributed by atoms with Gasteiger partial charge in [0.25, 0.3) is 24.7 Å². The molecular formula is C7H6N11O12-. The van der Waals surface area contributed by atoms with Gasteiger partial charge in [-0.25, -0.2) is 50.6 Å². The first-order chi connectivity index (χ1) is 13.9. The summed E-state index contributed by atoms with van der Waals surface area (Å²) in [5.74, 6) is 0. The maximum absolute atomic E-state index is 11.7. The second-order valence-electron chi connectivity index (χ2n) is 6.24. The fourth-order valence-electron chi connectivity index (χ4n) is 4.51. The van der Waals surface area contributed by atoms with Gasteiger partial charge < -0.3 is 9.90 Å². The van der Waals surface area contributed by atoms with Crippen LogP contribution in [-0.2, 0) is 0 Å². The van der Waals surface area contributed by atoms with Crippen molar-refractivity contribution >= 4 is 6.09 Å². The first kappa shape index (κ1) is 18.6.